The summed E-state index contributed by atoms with van der Waals surface area (Å²) in [6.45, 7) is 2.68. The number of benzene rings is 1. The van der Waals surface area contributed by atoms with Crippen molar-refractivity contribution in [2.24, 2.45) is 0 Å². The molecule has 0 saturated heterocycles. The summed E-state index contributed by atoms with van der Waals surface area (Å²) >= 11 is 9.07. The first-order valence-corrected chi connectivity index (χ1v) is 6.95. The summed E-state index contributed by atoms with van der Waals surface area (Å²) in [5.74, 6) is 1.62. The first kappa shape index (κ1) is 14.1. The number of ether oxygens (including phenoxy) is 2. The summed E-state index contributed by atoms with van der Waals surface area (Å²) < 4.78 is 11.9. The van der Waals surface area contributed by atoms with Crippen molar-refractivity contribution in [2.75, 3.05) is 6.61 Å². The van der Waals surface area contributed by atoms with Crippen molar-refractivity contribution < 1.29 is 9.47 Å². The van der Waals surface area contributed by atoms with Crippen LogP contribution in [0.25, 0.3) is 0 Å². The molecule has 19 heavy (non-hydrogen) atoms. The molecule has 100 valence electrons. The zero-order chi connectivity index (χ0) is 13.7. The monoisotopic (exact) mass is 342 g/mol. The maximum absolute atomic E-state index is 5.75. The summed E-state index contributed by atoms with van der Waals surface area (Å²) in [5, 5.41) is 0.130. The molecule has 1 aromatic heterocycles. The molecule has 0 spiro atoms. The first-order valence-electron chi connectivity index (χ1n) is 5.78. The second-order valence-corrected chi connectivity index (χ2v) is 4.88. The third-order valence-corrected chi connectivity index (χ3v) is 2.93. The van der Waals surface area contributed by atoms with Gasteiger partial charge in [-0.05, 0) is 46.1 Å². The smallest absolute Gasteiger partial charge is 0.238 e. The van der Waals surface area contributed by atoms with E-state index >= 15 is 0 Å². The molecule has 2 rings (SSSR count). The lowest BCUT2D eigenvalue weighted by molar-refractivity contribution is 0.300. The first-order chi connectivity index (χ1) is 9.20. The molecule has 0 radical (unpaired) electrons. The van der Waals surface area contributed by atoms with E-state index in [0.717, 1.165) is 6.42 Å². The highest BCUT2D eigenvalue weighted by Gasteiger charge is 2.10. The Morgan fingerprint density at radius 1 is 1.26 bits per heavy atom. The Hall–Kier alpha value is -1.33. The molecule has 0 aliphatic rings. The number of para-hydroxylation sites is 2. The molecule has 0 unspecified atom stereocenters. The van der Waals surface area contributed by atoms with Gasteiger partial charge in [-0.3, -0.25) is 0 Å². The molecule has 0 bridgehead atoms. The maximum Gasteiger partial charge on any atom is 0.238 e. The summed E-state index contributed by atoms with van der Waals surface area (Å²) in [5.41, 5.74) is 0. The topological polar surface area (TPSA) is 44.2 Å². The molecule has 1 aromatic carbocycles. The van der Waals surface area contributed by atoms with Gasteiger partial charge in [0, 0.05) is 6.20 Å². The van der Waals surface area contributed by atoms with Gasteiger partial charge in [0.15, 0.2) is 11.5 Å². The van der Waals surface area contributed by atoms with Crippen LogP contribution in [0.15, 0.2) is 34.9 Å². The Morgan fingerprint density at radius 3 is 2.74 bits per heavy atom. The van der Waals surface area contributed by atoms with Gasteiger partial charge in [0.1, 0.15) is 0 Å². The van der Waals surface area contributed by atoms with E-state index in [2.05, 4.69) is 25.9 Å². The van der Waals surface area contributed by atoms with Crippen LogP contribution in [0.3, 0.4) is 0 Å². The number of aromatic nitrogens is 2. The van der Waals surface area contributed by atoms with E-state index in [-0.39, 0.29) is 5.28 Å². The van der Waals surface area contributed by atoms with E-state index in [1.165, 1.54) is 0 Å². The Bertz CT molecular complexity index is 566. The molecule has 4 nitrogen and oxygen atoms in total. The Balaban J connectivity index is 2.25. The predicted octanol–water partition coefficient (Wildman–Crippen LogP) is 4.47. The van der Waals surface area contributed by atoms with Crippen molar-refractivity contribution in [3.05, 3.63) is 40.2 Å². The van der Waals surface area contributed by atoms with E-state index in [4.69, 9.17) is 21.1 Å². The molecule has 0 N–H and O–H groups in total. The second kappa shape index (κ2) is 6.73. The number of halogens is 2. The van der Waals surface area contributed by atoms with Crippen molar-refractivity contribution in [3.8, 4) is 17.4 Å². The fourth-order valence-corrected chi connectivity index (χ4v) is 1.77. The lowest BCUT2D eigenvalue weighted by Crippen LogP contribution is -1.98. The lowest BCUT2D eigenvalue weighted by Gasteiger charge is -2.11. The van der Waals surface area contributed by atoms with E-state index in [1.807, 2.05) is 31.2 Å². The molecule has 0 saturated carbocycles. The van der Waals surface area contributed by atoms with Crippen LogP contribution in [-0.2, 0) is 0 Å². The number of rotatable bonds is 5. The summed E-state index contributed by atoms with van der Waals surface area (Å²) in [7, 11) is 0. The van der Waals surface area contributed by atoms with E-state index in [9.17, 15) is 0 Å². The van der Waals surface area contributed by atoms with Crippen molar-refractivity contribution in [1.82, 2.24) is 9.97 Å². The van der Waals surface area contributed by atoms with Crippen LogP contribution in [0.2, 0.25) is 5.28 Å². The van der Waals surface area contributed by atoms with Gasteiger partial charge in [0.25, 0.3) is 0 Å². The Morgan fingerprint density at radius 2 is 2.00 bits per heavy atom. The van der Waals surface area contributed by atoms with Crippen LogP contribution in [0.1, 0.15) is 13.3 Å². The van der Waals surface area contributed by atoms with Crippen molar-refractivity contribution in [2.45, 2.75) is 13.3 Å². The highest BCUT2D eigenvalue weighted by Crippen LogP contribution is 2.33. The third-order valence-electron chi connectivity index (χ3n) is 2.20. The van der Waals surface area contributed by atoms with Gasteiger partial charge >= 0.3 is 0 Å². The Kier molecular flexibility index (Phi) is 4.99. The summed E-state index contributed by atoms with van der Waals surface area (Å²) in [6.07, 6.45) is 2.47. The molecule has 0 aliphatic heterocycles. The van der Waals surface area contributed by atoms with Gasteiger partial charge in [-0.15, -0.1) is 0 Å². The average Bonchev–Trinajstić information content (AvgIpc) is 2.42. The normalized spacial score (nSPS) is 10.3. The van der Waals surface area contributed by atoms with Crippen molar-refractivity contribution >= 4 is 27.5 Å². The van der Waals surface area contributed by atoms with Crippen LogP contribution in [0.5, 0.6) is 17.4 Å². The standard InChI is InChI=1S/C13H12BrClN2O2/c1-2-7-18-10-5-3-4-6-11(10)19-12-9(14)8-16-13(15)17-12/h3-6,8H,2,7H2,1H3. The highest BCUT2D eigenvalue weighted by molar-refractivity contribution is 9.10. The molecular weight excluding hydrogens is 332 g/mol. The molecule has 6 heteroatoms. The third kappa shape index (κ3) is 3.81. The van der Waals surface area contributed by atoms with Crippen LogP contribution < -0.4 is 9.47 Å². The van der Waals surface area contributed by atoms with Gasteiger partial charge in [0.2, 0.25) is 11.2 Å². The van der Waals surface area contributed by atoms with E-state index in [1.54, 1.807) is 6.20 Å². The van der Waals surface area contributed by atoms with Gasteiger partial charge in [0.05, 0.1) is 11.1 Å². The van der Waals surface area contributed by atoms with Gasteiger partial charge in [-0.25, -0.2) is 4.98 Å². The fraction of sp³-hybridized carbons (Fsp3) is 0.231. The van der Waals surface area contributed by atoms with Gasteiger partial charge in [-0.2, -0.15) is 4.98 Å². The molecule has 1 heterocycles. The van der Waals surface area contributed by atoms with Crippen LogP contribution >= 0.6 is 27.5 Å². The zero-order valence-electron chi connectivity index (χ0n) is 10.3. The lowest BCUT2D eigenvalue weighted by atomic mass is 10.3. The molecular formula is C13H12BrClN2O2. The van der Waals surface area contributed by atoms with Crippen LogP contribution in [0.4, 0.5) is 0 Å². The minimum atomic E-state index is 0.130. The second-order valence-electron chi connectivity index (χ2n) is 3.69. The average molecular weight is 344 g/mol. The summed E-state index contributed by atoms with van der Waals surface area (Å²) in [6, 6.07) is 7.42. The SMILES string of the molecule is CCCOc1ccccc1Oc1nc(Cl)ncc1Br. The fourth-order valence-electron chi connectivity index (χ4n) is 1.37. The number of hydrogen-bond donors (Lipinski definition) is 0. The van der Waals surface area contributed by atoms with Gasteiger partial charge in [-0.1, -0.05) is 19.1 Å². The van der Waals surface area contributed by atoms with Crippen LogP contribution in [0, 0.1) is 0 Å². The highest BCUT2D eigenvalue weighted by atomic mass is 79.9. The van der Waals surface area contributed by atoms with Crippen molar-refractivity contribution in [1.29, 1.82) is 0 Å². The molecule has 0 atom stereocenters. The molecule has 0 amide bonds. The summed E-state index contributed by atoms with van der Waals surface area (Å²) in [4.78, 5) is 7.87. The van der Waals surface area contributed by atoms with E-state index < -0.39 is 0 Å². The molecule has 0 fully saturated rings. The zero-order valence-corrected chi connectivity index (χ0v) is 12.6. The quantitative estimate of drug-likeness (QED) is 0.751. The van der Waals surface area contributed by atoms with Crippen LogP contribution in [-0.4, -0.2) is 16.6 Å². The van der Waals surface area contributed by atoms with Crippen molar-refractivity contribution in [3.63, 3.8) is 0 Å². The molecule has 0 aliphatic carbocycles. The maximum atomic E-state index is 5.75. The minimum absolute atomic E-state index is 0.130. The minimum Gasteiger partial charge on any atom is -0.490 e. The number of nitrogens with zero attached hydrogens (tertiary/aromatic N) is 2. The van der Waals surface area contributed by atoms with E-state index in [0.29, 0.717) is 28.5 Å². The Labute approximate surface area is 124 Å². The predicted molar refractivity (Wildman–Crippen MR) is 77.0 cm³/mol. The molecule has 2 aromatic rings. The number of hydrogen-bond acceptors (Lipinski definition) is 4. The largest absolute Gasteiger partial charge is 0.490 e. The van der Waals surface area contributed by atoms with Gasteiger partial charge < -0.3 is 9.47 Å².